The Morgan fingerprint density at radius 3 is 0.683 bits per heavy atom. The molecule has 2 unspecified atom stereocenters. The topological polar surface area (TPSA) is 162 Å². The summed E-state index contributed by atoms with van der Waals surface area (Å²) in [5.41, 5.74) is -22.4. The number of rotatable bonds is 8. The van der Waals surface area contributed by atoms with Crippen molar-refractivity contribution in [1.82, 2.24) is 0 Å². The quantitative estimate of drug-likeness (QED) is 0.0905. The molecule has 0 bridgehead atoms. The second-order valence-electron chi connectivity index (χ2n) is 13.6. The molecule has 0 aromatic rings. The number of ether oxygens (including phenoxy) is 1. The van der Waals surface area contributed by atoms with Gasteiger partial charge in [-0.3, -0.25) is 9.59 Å². The van der Waals surface area contributed by atoms with E-state index in [0.29, 0.717) is 6.92 Å². The third-order valence-corrected chi connectivity index (χ3v) is 7.41. The fourth-order valence-electron chi connectivity index (χ4n) is 3.43. The van der Waals surface area contributed by atoms with Crippen LogP contribution < -0.4 is 0 Å². The van der Waals surface area contributed by atoms with Crippen molar-refractivity contribution in [2.24, 2.45) is 0 Å². The van der Waals surface area contributed by atoms with Gasteiger partial charge in [0.15, 0.2) is 0 Å². The van der Waals surface area contributed by atoms with Crippen molar-refractivity contribution in [3.05, 3.63) is 12.2 Å². The van der Waals surface area contributed by atoms with Crippen LogP contribution in [0.2, 0.25) is 0 Å². The first kappa shape index (κ1) is 86.0. The number of ketones is 2. The number of carbonyl (C=O) groups excluding carboxylic acids is 3. The number of alkyl halides is 45. The van der Waals surface area contributed by atoms with Crippen LogP contribution in [0.4, 0.5) is 198 Å². The highest BCUT2D eigenvalue weighted by atomic mass is 19.5. The summed E-state index contributed by atoms with van der Waals surface area (Å²) >= 11 is 0. The molecule has 0 aromatic carbocycles. The van der Waals surface area contributed by atoms with Gasteiger partial charge in [-0.2, -0.15) is 198 Å². The van der Waals surface area contributed by atoms with E-state index >= 15 is 0 Å². The Bertz CT molecular complexity index is 2020. The molecule has 9 nitrogen and oxygen atoms in total. The van der Waals surface area contributed by atoms with Gasteiger partial charge in [0.05, 0.1) is 0 Å². The fraction of sp³-hybridized carbons (Fsp3) is 0.821. The molecule has 496 valence electrons. The van der Waals surface area contributed by atoms with Gasteiger partial charge in [-0.25, -0.2) is 4.79 Å². The normalized spacial score (nSPS) is 15.7. The number of hydrogen-bond acceptors (Lipinski definition) is 9. The van der Waals surface area contributed by atoms with E-state index in [0.717, 1.165) is 0 Å². The third kappa shape index (κ3) is 19.9. The van der Waals surface area contributed by atoms with Crippen molar-refractivity contribution in [2.75, 3.05) is 0 Å². The molecule has 0 saturated heterocycles. The summed E-state index contributed by atoms with van der Waals surface area (Å²) in [5, 5.41) is 40.0. The van der Waals surface area contributed by atoms with Crippen molar-refractivity contribution in [3.8, 4) is 0 Å². The molecule has 0 rings (SSSR count). The van der Waals surface area contributed by atoms with Crippen molar-refractivity contribution in [3.63, 3.8) is 0 Å². The Hall–Kier alpha value is -4.80. The van der Waals surface area contributed by atoms with Crippen LogP contribution in [0.3, 0.4) is 0 Å². The van der Waals surface area contributed by atoms with E-state index in [2.05, 4.69) is 11.3 Å². The van der Waals surface area contributed by atoms with Gasteiger partial charge in [0.2, 0.25) is 12.2 Å². The number of halogens is 45. The first-order valence-electron chi connectivity index (χ1n) is 16.8. The second kappa shape index (κ2) is 25.0. The molecular weight excluding hydrogens is 1340 g/mol. The smallest absolute Gasteiger partial charge is 0.459 e. The maximum Gasteiger partial charge on any atom is 0.459 e. The molecule has 0 aliphatic heterocycles. The van der Waals surface area contributed by atoms with Gasteiger partial charge in [0, 0.05) is 5.57 Å². The largest absolute Gasteiger partial charge is 1.00 e. The molecule has 0 radical (unpaired) electrons. The Balaban J connectivity index is -0.000000231. The SMILES string of the molecule is C=C(C)C(=O)OC(C(F)(F)F)C(F)(F)C(O)(C(F)(F)F)C(F)(F)F.O=C(C(F)(F)F)C(F)(F)C(O)(C(F)(F)F)C(F)(F)F.O=C(C(F)(F)F)C(F)(F)F.OC(C(F)(F)F)C(F)(F)C(O)(C(F)(F)F)C(F)(F)F.OC(C(F)(F)F)C(F)(F)F.[H-]. The zero-order chi connectivity index (χ0) is 69.2. The Kier molecular flexibility index (Phi) is 26.3. The minimum atomic E-state index is -7.28. The van der Waals surface area contributed by atoms with Gasteiger partial charge in [-0.1, -0.05) is 6.58 Å². The molecule has 0 aromatic heterocycles. The number of esters is 1. The van der Waals surface area contributed by atoms with Gasteiger partial charge in [-0.15, -0.1) is 0 Å². The summed E-state index contributed by atoms with van der Waals surface area (Å²) in [6.07, 6.45) is -101. The number of Topliss-reactive ketones (excluding diaryl/α,β-unsaturated/α-hetero) is 2. The molecule has 0 aliphatic carbocycles. The van der Waals surface area contributed by atoms with Crippen LogP contribution in [0.5, 0.6) is 0 Å². The van der Waals surface area contributed by atoms with E-state index in [1.165, 1.54) is 0 Å². The summed E-state index contributed by atoms with van der Waals surface area (Å²) in [4.78, 5) is 30.1. The van der Waals surface area contributed by atoms with Crippen LogP contribution in [0, 0.1) is 0 Å². The lowest BCUT2D eigenvalue weighted by molar-refractivity contribution is -0.446. The summed E-state index contributed by atoms with van der Waals surface area (Å²) in [6.45, 7) is 3.23. The number of hydrogen-bond donors (Lipinski definition) is 5. The van der Waals surface area contributed by atoms with Gasteiger partial charge in [0.25, 0.3) is 6.10 Å². The molecule has 0 amide bonds. The lowest BCUT2D eigenvalue weighted by atomic mass is 9.89. The van der Waals surface area contributed by atoms with Gasteiger partial charge in [0.1, 0.15) is 0 Å². The fourth-order valence-corrected chi connectivity index (χ4v) is 3.43. The van der Waals surface area contributed by atoms with Crippen LogP contribution in [-0.2, 0) is 19.1 Å². The summed E-state index contributed by atoms with van der Waals surface area (Å²) in [6, 6.07) is 0. The van der Waals surface area contributed by atoms with E-state index in [1.807, 2.05) is 0 Å². The first-order chi connectivity index (χ1) is 34.3. The molecule has 0 spiro atoms. The van der Waals surface area contributed by atoms with Gasteiger partial charge < -0.3 is 31.7 Å². The average molecular weight is 1350 g/mol. The van der Waals surface area contributed by atoms with Crippen LogP contribution in [-0.4, -0.2) is 176 Å². The third-order valence-electron chi connectivity index (χ3n) is 7.41. The Morgan fingerprint density at radius 1 is 0.341 bits per heavy atom. The van der Waals surface area contributed by atoms with E-state index in [-0.39, 0.29) is 1.43 Å². The van der Waals surface area contributed by atoms with Crippen molar-refractivity contribution < 1.29 is 244 Å². The zero-order valence-electron chi connectivity index (χ0n) is 36.8. The second-order valence-corrected chi connectivity index (χ2v) is 13.6. The first-order valence-corrected chi connectivity index (χ1v) is 16.8. The minimum absolute atomic E-state index is 0. The highest BCUT2D eigenvalue weighted by Gasteiger charge is 2.89. The predicted octanol–water partition coefficient (Wildman–Crippen LogP) is 11.8. The highest BCUT2D eigenvalue weighted by Crippen LogP contribution is 2.58. The number of aliphatic hydroxyl groups is 5. The number of aliphatic hydroxyl groups excluding tert-OH is 2. The average Bonchev–Trinajstić information content (AvgIpc) is 3.16. The van der Waals surface area contributed by atoms with Gasteiger partial charge >= 0.3 is 132 Å². The van der Waals surface area contributed by atoms with Crippen LogP contribution in [0.15, 0.2) is 12.2 Å². The molecule has 0 aliphatic rings. The lowest BCUT2D eigenvalue weighted by Crippen LogP contribution is -2.73. The molecule has 0 heterocycles. The van der Waals surface area contributed by atoms with Gasteiger partial charge in [-0.05, 0) is 6.92 Å². The van der Waals surface area contributed by atoms with Crippen molar-refractivity contribution in [2.45, 2.75) is 140 Å². The molecule has 2 atom stereocenters. The zero-order valence-corrected chi connectivity index (χ0v) is 35.8. The van der Waals surface area contributed by atoms with Crippen LogP contribution in [0.1, 0.15) is 8.35 Å². The maximum atomic E-state index is 13.5. The van der Waals surface area contributed by atoms with Crippen LogP contribution >= 0.6 is 0 Å². The molecule has 0 saturated carbocycles. The van der Waals surface area contributed by atoms with E-state index < -0.39 is 156 Å². The van der Waals surface area contributed by atoms with Crippen molar-refractivity contribution in [1.29, 1.82) is 0 Å². The summed E-state index contributed by atoms with van der Waals surface area (Å²) in [7, 11) is 0. The predicted molar refractivity (Wildman–Crippen MR) is 156 cm³/mol. The van der Waals surface area contributed by atoms with Crippen LogP contribution in [0.25, 0.3) is 0 Å². The lowest BCUT2D eigenvalue weighted by Gasteiger charge is -2.41. The standard InChI is InChI=1S/C10H7F11O3.C6H3F11O2.C6HF11O2.C3H2F6O.C3F6O.H/c1-3(2)4(22)24-5(7(13,14)15)6(11,12)8(23,9(16,17)18)10(19,20)21;2*7-2(8,1(18)3(9,10)11)4(19,5(12,13)14)6(15,16)17;2*4-2(5,6)1(10)3(7,8)9;/h5,23H,1H2,2H3;1,18-19H;19H;1,10H;;/q;;;;;-1. The molecular formula is C28H14F45O9-. The monoisotopic (exact) mass is 1350 g/mol. The minimum Gasteiger partial charge on any atom is -1.00 e. The molecule has 5 N–H and O–H groups in total. The van der Waals surface area contributed by atoms with Crippen molar-refractivity contribution >= 4 is 17.5 Å². The summed E-state index contributed by atoms with van der Waals surface area (Å²) < 4.78 is 536. The Morgan fingerprint density at radius 2 is 0.549 bits per heavy atom. The Labute approximate surface area is 414 Å². The molecule has 82 heavy (non-hydrogen) atoms. The van der Waals surface area contributed by atoms with E-state index in [9.17, 15) is 212 Å². The molecule has 54 heteroatoms. The highest BCUT2D eigenvalue weighted by molar-refractivity contribution is 5.92. The number of carbonyl (C=O) groups is 3. The maximum absolute atomic E-state index is 13.5. The van der Waals surface area contributed by atoms with E-state index in [4.69, 9.17) is 25.5 Å². The molecule has 0 fully saturated rings. The van der Waals surface area contributed by atoms with E-state index in [1.54, 1.807) is 0 Å². The summed E-state index contributed by atoms with van der Waals surface area (Å²) in [5.74, 6) is -31.9.